The van der Waals surface area contributed by atoms with Crippen molar-refractivity contribution in [1.82, 2.24) is 0 Å². The first-order valence-corrected chi connectivity index (χ1v) is 6.08. The third-order valence-electron chi connectivity index (χ3n) is 4.43. The molecule has 3 unspecified atom stereocenters. The maximum Gasteiger partial charge on any atom is 0.161 e. The van der Waals surface area contributed by atoms with Crippen LogP contribution in [0.15, 0.2) is 11.6 Å². The molecule has 0 aliphatic heterocycles. The minimum absolute atomic E-state index is 0.429. The molecule has 2 fully saturated rings. The highest BCUT2D eigenvalue weighted by molar-refractivity contribution is 5.97. The Morgan fingerprint density at radius 1 is 1.29 bits per heavy atom. The van der Waals surface area contributed by atoms with Gasteiger partial charge in [-0.3, -0.25) is 4.79 Å². The second-order valence-corrected chi connectivity index (χ2v) is 5.27. The Morgan fingerprint density at radius 2 is 2.21 bits per heavy atom. The minimum atomic E-state index is 0.429. The number of carbonyl (C=O) groups is 1. The first-order valence-electron chi connectivity index (χ1n) is 6.08. The van der Waals surface area contributed by atoms with Gasteiger partial charge in [0.05, 0.1) is 0 Å². The third kappa shape index (κ3) is 1.25. The molecule has 0 heterocycles. The molecule has 2 bridgehead atoms. The van der Waals surface area contributed by atoms with E-state index in [2.05, 4.69) is 6.08 Å². The second kappa shape index (κ2) is 3.22. The van der Waals surface area contributed by atoms with Gasteiger partial charge in [0, 0.05) is 5.92 Å². The smallest absolute Gasteiger partial charge is 0.161 e. The van der Waals surface area contributed by atoms with Gasteiger partial charge in [-0.1, -0.05) is 12.5 Å². The molecule has 1 nitrogen and oxygen atoms in total. The fraction of sp³-hybridized carbons (Fsp3) is 0.769. The molecular weight excluding hydrogens is 172 g/mol. The number of hydrogen-bond donors (Lipinski definition) is 0. The van der Waals surface area contributed by atoms with Crippen molar-refractivity contribution in [3.63, 3.8) is 0 Å². The normalized spacial score (nSPS) is 40.3. The van der Waals surface area contributed by atoms with Crippen LogP contribution in [0, 0.1) is 17.8 Å². The van der Waals surface area contributed by atoms with Gasteiger partial charge in [-0.05, 0) is 55.9 Å². The van der Waals surface area contributed by atoms with E-state index in [-0.39, 0.29) is 0 Å². The molecule has 3 aliphatic rings. The van der Waals surface area contributed by atoms with Gasteiger partial charge in [0.15, 0.2) is 5.78 Å². The summed E-state index contributed by atoms with van der Waals surface area (Å²) >= 11 is 0. The lowest BCUT2D eigenvalue weighted by Crippen LogP contribution is -2.21. The summed E-state index contributed by atoms with van der Waals surface area (Å²) in [5.41, 5.74) is 1.17. The Balaban J connectivity index is 1.74. The average molecular weight is 190 g/mol. The molecule has 3 aliphatic carbocycles. The number of Topliss-reactive ketones (excluding diaryl/α,β-unsaturated/α-hetero) is 1. The van der Waals surface area contributed by atoms with Crippen LogP contribution in [0.4, 0.5) is 0 Å². The first kappa shape index (κ1) is 8.70. The highest BCUT2D eigenvalue weighted by Gasteiger charge is 2.43. The van der Waals surface area contributed by atoms with Gasteiger partial charge in [0.2, 0.25) is 0 Å². The number of ketones is 1. The molecule has 0 aromatic heterocycles. The zero-order chi connectivity index (χ0) is 9.54. The molecule has 0 spiro atoms. The van der Waals surface area contributed by atoms with Crippen molar-refractivity contribution < 1.29 is 4.79 Å². The molecule has 3 rings (SSSR count). The monoisotopic (exact) mass is 190 g/mol. The minimum Gasteiger partial charge on any atom is -0.294 e. The summed E-state index contributed by atoms with van der Waals surface area (Å²) in [6.45, 7) is 0. The van der Waals surface area contributed by atoms with Crippen LogP contribution in [0.2, 0.25) is 0 Å². The molecule has 3 atom stereocenters. The van der Waals surface area contributed by atoms with Gasteiger partial charge in [0.25, 0.3) is 0 Å². The molecule has 0 N–H and O–H groups in total. The van der Waals surface area contributed by atoms with Gasteiger partial charge in [0.1, 0.15) is 0 Å². The van der Waals surface area contributed by atoms with Crippen LogP contribution in [0.1, 0.15) is 44.9 Å². The quantitative estimate of drug-likeness (QED) is 0.654. The zero-order valence-corrected chi connectivity index (χ0v) is 8.67. The second-order valence-electron chi connectivity index (χ2n) is 5.27. The molecule has 0 aromatic rings. The summed E-state index contributed by atoms with van der Waals surface area (Å²) in [7, 11) is 0. The lowest BCUT2D eigenvalue weighted by atomic mass is 9.83. The predicted molar refractivity (Wildman–Crippen MR) is 55.9 cm³/mol. The van der Waals surface area contributed by atoms with Crippen molar-refractivity contribution in [2.45, 2.75) is 44.9 Å². The Morgan fingerprint density at radius 3 is 2.79 bits per heavy atom. The predicted octanol–water partition coefficient (Wildman–Crippen LogP) is 3.10. The number of allylic oxidation sites excluding steroid dienone is 2. The number of fused-ring (bicyclic) bond motifs is 2. The van der Waals surface area contributed by atoms with Gasteiger partial charge in [-0.15, -0.1) is 0 Å². The topological polar surface area (TPSA) is 17.1 Å². The largest absolute Gasteiger partial charge is 0.294 e. The van der Waals surface area contributed by atoms with Gasteiger partial charge < -0.3 is 0 Å². The van der Waals surface area contributed by atoms with E-state index in [1.54, 1.807) is 0 Å². The molecule has 0 saturated heterocycles. The highest BCUT2D eigenvalue weighted by Crippen LogP contribution is 2.49. The zero-order valence-electron chi connectivity index (χ0n) is 8.67. The standard InChI is InChI=1S/C13H18O/c14-13(10-3-1-2-4-10)12-8-9-5-6-11(12)7-9/h3,9,11-12H,1-2,4-8H2. The van der Waals surface area contributed by atoms with Crippen molar-refractivity contribution in [3.8, 4) is 0 Å². The van der Waals surface area contributed by atoms with Crippen LogP contribution >= 0.6 is 0 Å². The summed E-state index contributed by atoms with van der Waals surface area (Å²) < 4.78 is 0. The van der Waals surface area contributed by atoms with Crippen LogP contribution in [0.5, 0.6) is 0 Å². The van der Waals surface area contributed by atoms with E-state index in [0.717, 1.165) is 24.7 Å². The maximum absolute atomic E-state index is 12.2. The molecule has 1 heteroatoms. The van der Waals surface area contributed by atoms with Gasteiger partial charge in [-0.2, -0.15) is 0 Å². The molecule has 76 valence electrons. The molecule has 0 aromatic carbocycles. The Bertz CT molecular complexity index is 290. The molecular formula is C13H18O. The van der Waals surface area contributed by atoms with E-state index in [1.165, 1.54) is 37.7 Å². The maximum atomic E-state index is 12.2. The van der Waals surface area contributed by atoms with Crippen molar-refractivity contribution in [3.05, 3.63) is 11.6 Å². The van der Waals surface area contributed by atoms with E-state index >= 15 is 0 Å². The SMILES string of the molecule is O=C(C1=CCCC1)C1CC2CCC1C2. The van der Waals surface area contributed by atoms with Crippen molar-refractivity contribution in [1.29, 1.82) is 0 Å². The Hall–Kier alpha value is -0.590. The molecule has 2 saturated carbocycles. The van der Waals surface area contributed by atoms with E-state index in [4.69, 9.17) is 0 Å². The summed E-state index contributed by atoms with van der Waals surface area (Å²) in [6.07, 6.45) is 10.9. The summed E-state index contributed by atoms with van der Waals surface area (Å²) in [6, 6.07) is 0. The Kier molecular flexibility index (Phi) is 2.00. The van der Waals surface area contributed by atoms with E-state index in [1.807, 2.05) is 0 Å². The molecule has 0 radical (unpaired) electrons. The van der Waals surface area contributed by atoms with Crippen LogP contribution in [-0.2, 0) is 4.79 Å². The number of carbonyl (C=O) groups excluding carboxylic acids is 1. The third-order valence-corrected chi connectivity index (χ3v) is 4.43. The lowest BCUT2D eigenvalue weighted by Gasteiger charge is -2.20. The average Bonchev–Trinajstić information content (AvgIpc) is 2.93. The van der Waals surface area contributed by atoms with Crippen LogP contribution in [0.25, 0.3) is 0 Å². The van der Waals surface area contributed by atoms with Crippen LogP contribution in [-0.4, -0.2) is 5.78 Å². The summed E-state index contributed by atoms with van der Waals surface area (Å²) in [5.74, 6) is 2.61. The number of hydrogen-bond acceptors (Lipinski definition) is 1. The molecule has 0 amide bonds. The molecule has 14 heavy (non-hydrogen) atoms. The van der Waals surface area contributed by atoms with E-state index < -0.39 is 0 Å². The van der Waals surface area contributed by atoms with Crippen molar-refractivity contribution >= 4 is 5.78 Å². The van der Waals surface area contributed by atoms with Gasteiger partial charge in [-0.25, -0.2) is 0 Å². The van der Waals surface area contributed by atoms with E-state index in [9.17, 15) is 4.79 Å². The van der Waals surface area contributed by atoms with E-state index in [0.29, 0.717) is 11.7 Å². The van der Waals surface area contributed by atoms with Crippen LogP contribution < -0.4 is 0 Å². The summed E-state index contributed by atoms with van der Waals surface area (Å²) in [5, 5.41) is 0. The van der Waals surface area contributed by atoms with Crippen LogP contribution in [0.3, 0.4) is 0 Å². The summed E-state index contributed by atoms with van der Waals surface area (Å²) in [4.78, 5) is 12.2. The fourth-order valence-electron chi connectivity index (χ4n) is 3.70. The lowest BCUT2D eigenvalue weighted by molar-refractivity contribution is -0.120. The highest BCUT2D eigenvalue weighted by atomic mass is 16.1. The Labute approximate surface area is 85.6 Å². The number of rotatable bonds is 2. The first-order chi connectivity index (χ1) is 6.84. The van der Waals surface area contributed by atoms with Gasteiger partial charge >= 0.3 is 0 Å². The fourth-order valence-corrected chi connectivity index (χ4v) is 3.70. The van der Waals surface area contributed by atoms with Crippen molar-refractivity contribution in [2.24, 2.45) is 17.8 Å². The van der Waals surface area contributed by atoms with Crippen molar-refractivity contribution in [2.75, 3.05) is 0 Å².